The van der Waals surface area contributed by atoms with Gasteiger partial charge in [0.2, 0.25) is 0 Å². The van der Waals surface area contributed by atoms with E-state index in [0.717, 1.165) is 16.4 Å². The van der Waals surface area contributed by atoms with Crippen LogP contribution in [0.4, 0.5) is 5.13 Å². The summed E-state index contributed by atoms with van der Waals surface area (Å²) in [7, 11) is 0. The average Bonchev–Trinajstić information content (AvgIpc) is 3.28. The quantitative estimate of drug-likeness (QED) is 0.316. The second-order valence-corrected chi connectivity index (χ2v) is 8.79. The van der Waals surface area contributed by atoms with Gasteiger partial charge in [0.15, 0.2) is 5.13 Å². The summed E-state index contributed by atoms with van der Waals surface area (Å²) in [6.07, 6.45) is 0. The van der Waals surface area contributed by atoms with Gasteiger partial charge in [0.05, 0.1) is 28.8 Å². The van der Waals surface area contributed by atoms with Crippen molar-refractivity contribution in [2.75, 3.05) is 5.32 Å². The Bertz CT molecular complexity index is 1460. The topological polar surface area (TPSA) is 59.8 Å². The number of aromatic nitrogens is 3. The SMILES string of the molecule is O=c1c2ccccc2nc(CNc2nc(-c3ccc(Cl)cc3)cs2)n1-c1ccc(Cl)cc1. The van der Waals surface area contributed by atoms with Crippen LogP contribution in [0.25, 0.3) is 27.8 Å². The largest absolute Gasteiger partial charge is 0.354 e. The summed E-state index contributed by atoms with van der Waals surface area (Å²) in [6, 6.07) is 22.0. The molecule has 5 rings (SSSR count). The lowest BCUT2D eigenvalue weighted by molar-refractivity contribution is 0.838. The minimum atomic E-state index is -0.129. The highest BCUT2D eigenvalue weighted by atomic mass is 35.5. The highest BCUT2D eigenvalue weighted by Gasteiger charge is 2.13. The van der Waals surface area contributed by atoms with Crippen molar-refractivity contribution < 1.29 is 0 Å². The number of hydrogen-bond acceptors (Lipinski definition) is 5. The van der Waals surface area contributed by atoms with Crippen LogP contribution in [0.5, 0.6) is 0 Å². The molecule has 0 saturated carbocycles. The molecule has 5 nitrogen and oxygen atoms in total. The van der Waals surface area contributed by atoms with Gasteiger partial charge in [-0.25, -0.2) is 9.97 Å². The number of benzene rings is 3. The molecule has 32 heavy (non-hydrogen) atoms. The van der Waals surface area contributed by atoms with Crippen LogP contribution in [0, 0.1) is 0 Å². The fourth-order valence-electron chi connectivity index (χ4n) is 3.42. The molecule has 2 aromatic heterocycles. The summed E-state index contributed by atoms with van der Waals surface area (Å²) in [5.41, 5.74) is 3.07. The smallest absolute Gasteiger partial charge is 0.266 e. The molecule has 0 bridgehead atoms. The van der Waals surface area contributed by atoms with Crippen LogP contribution < -0.4 is 10.9 Å². The minimum Gasteiger partial charge on any atom is -0.354 e. The molecule has 0 aliphatic carbocycles. The Morgan fingerprint density at radius 1 is 0.875 bits per heavy atom. The Labute approximate surface area is 197 Å². The number of anilines is 1. The summed E-state index contributed by atoms with van der Waals surface area (Å²) in [6.45, 7) is 0.330. The summed E-state index contributed by atoms with van der Waals surface area (Å²) in [5, 5.41) is 7.87. The van der Waals surface area contributed by atoms with E-state index in [-0.39, 0.29) is 5.56 Å². The van der Waals surface area contributed by atoms with Gasteiger partial charge in [-0.15, -0.1) is 11.3 Å². The van der Waals surface area contributed by atoms with Gasteiger partial charge in [-0.2, -0.15) is 0 Å². The molecule has 2 heterocycles. The summed E-state index contributed by atoms with van der Waals surface area (Å²) in [4.78, 5) is 22.7. The first-order valence-electron chi connectivity index (χ1n) is 9.80. The van der Waals surface area contributed by atoms with E-state index in [4.69, 9.17) is 28.2 Å². The molecule has 0 spiro atoms. The third-order valence-electron chi connectivity index (χ3n) is 4.97. The van der Waals surface area contributed by atoms with Gasteiger partial charge in [0.1, 0.15) is 5.82 Å². The number of nitrogens with zero attached hydrogens (tertiary/aromatic N) is 3. The van der Waals surface area contributed by atoms with Gasteiger partial charge < -0.3 is 5.32 Å². The van der Waals surface area contributed by atoms with Crippen LogP contribution in [0.15, 0.2) is 83.0 Å². The van der Waals surface area contributed by atoms with Gasteiger partial charge in [-0.3, -0.25) is 9.36 Å². The molecule has 5 aromatic rings. The summed E-state index contributed by atoms with van der Waals surface area (Å²) < 4.78 is 1.61. The van der Waals surface area contributed by atoms with Crippen LogP contribution in [0.1, 0.15) is 5.82 Å². The Hall–Kier alpha value is -3.19. The lowest BCUT2D eigenvalue weighted by Crippen LogP contribution is -2.25. The van der Waals surface area contributed by atoms with Crippen molar-refractivity contribution in [1.82, 2.24) is 14.5 Å². The van der Waals surface area contributed by atoms with E-state index in [2.05, 4.69) is 10.3 Å². The fourth-order valence-corrected chi connectivity index (χ4v) is 4.39. The molecule has 1 N–H and O–H groups in total. The van der Waals surface area contributed by atoms with E-state index in [0.29, 0.717) is 39.0 Å². The number of fused-ring (bicyclic) bond motifs is 1. The van der Waals surface area contributed by atoms with Crippen molar-refractivity contribution in [3.05, 3.63) is 104 Å². The van der Waals surface area contributed by atoms with Crippen LogP contribution in [0.2, 0.25) is 10.0 Å². The standard InChI is InChI=1S/C24H16Cl2N4OS/c25-16-7-5-15(6-8-16)21-14-32-24(29-21)27-13-22-28-20-4-2-1-3-19(20)23(31)30(22)18-11-9-17(26)10-12-18/h1-12,14H,13H2,(H,27,29). The summed E-state index contributed by atoms with van der Waals surface area (Å²) >= 11 is 13.5. The van der Waals surface area contributed by atoms with E-state index >= 15 is 0 Å². The van der Waals surface area contributed by atoms with Crippen LogP contribution in [-0.2, 0) is 6.54 Å². The van der Waals surface area contributed by atoms with Gasteiger partial charge in [0, 0.05) is 21.0 Å². The zero-order chi connectivity index (χ0) is 22.1. The second-order valence-electron chi connectivity index (χ2n) is 7.06. The maximum absolute atomic E-state index is 13.3. The molecular formula is C24H16Cl2N4OS. The predicted octanol–water partition coefficient (Wildman–Crippen LogP) is 6.43. The van der Waals surface area contributed by atoms with E-state index in [1.54, 1.807) is 22.8 Å². The molecule has 0 saturated heterocycles. The molecule has 0 radical (unpaired) electrons. The number of para-hydroxylation sites is 1. The van der Waals surface area contributed by atoms with Gasteiger partial charge in [-0.1, -0.05) is 47.5 Å². The third-order valence-corrected chi connectivity index (χ3v) is 6.28. The number of halogens is 2. The molecule has 0 fully saturated rings. The first kappa shape index (κ1) is 20.7. The maximum Gasteiger partial charge on any atom is 0.266 e. The Morgan fingerprint density at radius 3 is 2.31 bits per heavy atom. The molecule has 0 amide bonds. The predicted molar refractivity (Wildman–Crippen MR) is 132 cm³/mol. The number of hydrogen-bond donors (Lipinski definition) is 1. The number of thiazole rings is 1. The Kier molecular flexibility index (Phi) is 5.66. The van der Waals surface area contributed by atoms with Crippen molar-refractivity contribution in [2.24, 2.45) is 0 Å². The van der Waals surface area contributed by atoms with Gasteiger partial charge in [-0.05, 0) is 48.5 Å². The van der Waals surface area contributed by atoms with Crippen LogP contribution in [-0.4, -0.2) is 14.5 Å². The van der Waals surface area contributed by atoms with E-state index in [1.165, 1.54) is 11.3 Å². The zero-order valence-corrected chi connectivity index (χ0v) is 19.0. The van der Waals surface area contributed by atoms with Crippen LogP contribution in [0.3, 0.4) is 0 Å². The van der Waals surface area contributed by atoms with Crippen molar-refractivity contribution >= 4 is 50.6 Å². The van der Waals surface area contributed by atoms with E-state index in [1.807, 2.05) is 60.0 Å². The van der Waals surface area contributed by atoms with Crippen molar-refractivity contribution in [2.45, 2.75) is 6.54 Å². The minimum absolute atomic E-state index is 0.129. The normalized spacial score (nSPS) is 11.1. The fraction of sp³-hybridized carbons (Fsp3) is 0.0417. The molecule has 0 unspecified atom stereocenters. The second kappa shape index (κ2) is 8.74. The molecule has 8 heteroatoms. The first-order chi connectivity index (χ1) is 15.6. The molecule has 3 aromatic carbocycles. The van der Waals surface area contributed by atoms with Gasteiger partial charge >= 0.3 is 0 Å². The van der Waals surface area contributed by atoms with Crippen LogP contribution >= 0.6 is 34.5 Å². The molecule has 158 valence electrons. The molecular weight excluding hydrogens is 463 g/mol. The third kappa shape index (κ3) is 4.12. The molecule has 0 atom stereocenters. The Balaban J connectivity index is 1.50. The highest BCUT2D eigenvalue weighted by Crippen LogP contribution is 2.26. The number of nitrogens with one attached hydrogen (secondary N) is 1. The maximum atomic E-state index is 13.3. The monoisotopic (exact) mass is 478 g/mol. The molecule has 0 aliphatic heterocycles. The van der Waals surface area contributed by atoms with Crippen molar-refractivity contribution in [1.29, 1.82) is 0 Å². The average molecular weight is 479 g/mol. The number of rotatable bonds is 5. The van der Waals surface area contributed by atoms with E-state index in [9.17, 15) is 4.79 Å². The Morgan fingerprint density at radius 2 is 1.56 bits per heavy atom. The zero-order valence-electron chi connectivity index (χ0n) is 16.6. The lowest BCUT2D eigenvalue weighted by Gasteiger charge is -2.14. The van der Waals surface area contributed by atoms with Gasteiger partial charge in [0.25, 0.3) is 5.56 Å². The summed E-state index contributed by atoms with van der Waals surface area (Å²) in [5.74, 6) is 0.583. The first-order valence-corrected chi connectivity index (χ1v) is 11.4. The van der Waals surface area contributed by atoms with E-state index < -0.39 is 0 Å². The van der Waals surface area contributed by atoms with Crippen molar-refractivity contribution in [3.63, 3.8) is 0 Å². The molecule has 0 aliphatic rings. The van der Waals surface area contributed by atoms with Crippen molar-refractivity contribution in [3.8, 4) is 16.9 Å². The highest BCUT2D eigenvalue weighted by molar-refractivity contribution is 7.14. The lowest BCUT2D eigenvalue weighted by atomic mass is 10.2.